The summed E-state index contributed by atoms with van der Waals surface area (Å²) in [5.74, 6) is 0.463. The molecule has 0 unspecified atom stereocenters. The average Bonchev–Trinajstić information content (AvgIpc) is 2.72. The van der Waals surface area contributed by atoms with Gasteiger partial charge < -0.3 is 15.2 Å². The largest absolute Gasteiger partial charge is 0.497 e. The second-order valence-corrected chi connectivity index (χ2v) is 6.39. The van der Waals surface area contributed by atoms with Crippen molar-refractivity contribution in [2.45, 2.75) is 19.1 Å². The number of benzene rings is 3. The van der Waals surface area contributed by atoms with Crippen molar-refractivity contribution in [2.24, 2.45) is 0 Å². The molecule has 0 aromatic heterocycles. The molecule has 0 spiro atoms. The number of ketones is 1. The summed E-state index contributed by atoms with van der Waals surface area (Å²) in [5.41, 5.74) is 3.84. The van der Waals surface area contributed by atoms with Gasteiger partial charge in [0, 0.05) is 5.69 Å². The molecule has 2 N–H and O–H groups in total. The SMILES string of the molecule is COc1ccc(N[C@H](c2ccc(-c3ccccc3)cc2)[C@H](O)C(C)=O)cc1. The third-order valence-electron chi connectivity index (χ3n) is 4.52. The first kappa shape index (κ1) is 18.7. The summed E-state index contributed by atoms with van der Waals surface area (Å²) in [4.78, 5) is 11.8. The highest BCUT2D eigenvalue weighted by Gasteiger charge is 2.25. The van der Waals surface area contributed by atoms with E-state index in [1.807, 2.05) is 78.9 Å². The van der Waals surface area contributed by atoms with Crippen LogP contribution in [-0.4, -0.2) is 24.1 Å². The maximum Gasteiger partial charge on any atom is 0.160 e. The zero-order chi connectivity index (χ0) is 19.2. The van der Waals surface area contributed by atoms with E-state index < -0.39 is 12.1 Å². The number of aliphatic hydroxyl groups excluding tert-OH is 1. The lowest BCUT2D eigenvalue weighted by Crippen LogP contribution is -2.31. The van der Waals surface area contributed by atoms with Crippen LogP contribution in [0.25, 0.3) is 11.1 Å². The molecular weight excluding hydrogens is 338 g/mol. The smallest absolute Gasteiger partial charge is 0.160 e. The maximum absolute atomic E-state index is 11.8. The molecular formula is C23H23NO3. The third-order valence-corrected chi connectivity index (χ3v) is 4.52. The predicted molar refractivity (Wildman–Crippen MR) is 108 cm³/mol. The number of aliphatic hydroxyl groups is 1. The summed E-state index contributed by atoms with van der Waals surface area (Å²) in [6, 6.07) is 24.8. The number of hydrogen-bond donors (Lipinski definition) is 2. The molecule has 138 valence electrons. The number of carbonyl (C=O) groups is 1. The normalized spacial score (nSPS) is 12.9. The Kier molecular flexibility index (Phi) is 5.89. The Bertz CT molecular complexity index is 874. The molecule has 0 bridgehead atoms. The Labute approximate surface area is 159 Å². The van der Waals surface area contributed by atoms with Gasteiger partial charge in [0.1, 0.15) is 11.9 Å². The van der Waals surface area contributed by atoms with Crippen LogP contribution in [0.4, 0.5) is 5.69 Å². The van der Waals surface area contributed by atoms with Crippen LogP contribution in [0.5, 0.6) is 5.75 Å². The van der Waals surface area contributed by atoms with E-state index in [1.165, 1.54) is 6.92 Å². The van der Waals surface area contributed by atoms with Gasteiger partial charge in [0.05, 0.1) is 13.2 Å². The van der Waals surface area contributed by atoms with E-state index in [4.69, 9.17) is 4.74 Å². The van der Waals surface area contributed by atoms with E-state index >= 15 is 0 Å². The maximum atomic E-state index is 11.8. The molecule has 0 aliphatic heterocycles. The first-order valence-electron chi connectivity index (χ1n) is 8.83. The van der Waals surface area contributed by atoms with Crippen molar-refractivity contribution in [3.05, 3.63) is 84.4 Å². The fraction of sp³-hybridized carbons (Fsp3) is 0.174. The summed E-state index contributed by atoms with van der Waals surface area (Å²) in [6.45, 7) is 1.39. The zero-order valence-electron chi connectivity index (χ0n) is 15.4. The van der Waals surface area contributed by atoms with Gasteiger partial charge >= 0.3 is 0 Å². The summed E-state index contributed by atoms with van der Waals surface area (Å²) in [6.07, 6.45) is -1.14. The van der Waals surface area contributed by atoms with Gasteiger partial charge in [0.15, 0.2) is 5.78 Å². The van der Waals surface area contributed by atoms with Crippen molar-refractivity contribution < 1.29 is 14.6 Å². The van der Waals surface area contributed by atoms with Crippen molar-refractivity contribution in [2.75, 3.05) is 12.4 Å². The van der Waals surface area contributed by atoms with E-state index in [0.717, 1.165) is 28.1 Å². The fourth-order valence-corrected chi connectivity index (χ4v) is 2.96. The Hall–Kier alpha value is -3.11. The van der Waals surface area contributed by atoms with Gasteiger partial charge in [-0.1, -0.05) is 54.6 Å². The molecule has 0 amide bonds. The minimum Gasteiger partial charge on any atom is -0.497 e. The van der Waals surface area contributed by atoms with E-state index in [0.29, 0.717) is 0 Å². The van der Waals surface area contributed by atoms with Gasteiger partial charge in [-0.3, -0.25) is 4.79 Å². The molecule has 4 nitrogen and oxygen atoms in total. The van der Waals surface area contributed by atoms with Crippen LogP contribution in [0.1, 0.15) is 18.5 Å². The predicted octanol–water partition coefficient (Wildman–Crippen LogP) is 4.47. The van der Waals surface area contributed by atoms with E-state index in [1.54, 1.807) is 7.11 Å². The summed E-state index contributed by atoms with van der Waals surface area (Å²) >= 11 is 0. The number of Topliss-reactive ketones (excluding diaryl/α,β-unsaturated/α-hetero) is 1. The zero-order valence-corrected chi connectivity index (χ0v) is 15.4. The van der Waals surface area contributed by atoms with Gasteiger partial charge in [0.25, 0.3) is 0 Å². The summed E-state index contributed by atoms with van der Waals surface area (Å²) in [7, 11) is 1.61. The van der Waals surface area contributed by atoms with E-state index in [2.05, 4.69) is 5.32 Å². The number of methoxy groups -OCH3 is 1. The second-order valence-electron chi connectivity index (χ2n) is 6.39. The lowest BCUT2D eigenvalue weighted by atomic mass is 9.96. The molecule has 3 aromatic carbocycles. The lowest BCUT2D eigenvalue weighted by molar-refractivity contribution is -0.125. The Balaban J connectivity index is 1.87. The fourth-order valence-electron chi connectivity index (χ4n) is 2.96. The molecule has 0 saturated carbocycles. The van der Waals surface area contributed by atoms with Crippen molar-refractivity contribution >= 4 is 11.5 Å². The molecule has 3 rings (SSSR count). The van der Waals surface area contributed by atoms with Crippen molar-refractivity contribution in [1.29, 1.82) is 0 Å². The van der Waals surface area contributed by atoms with Crippen molar-refractivity contribution in [1.82, 2.24) is 0 Å². The minimum absolute atomic E-state index is 0.284. The monoisotopic (exact) mass is 361 g/mol. The summed E-state index contributed by atoms with van der Waals surface area (Å²) < 4.78 is 5.17. The topological polar surface area (TPSA) is 58.6 Å². The van der Waals surface area contributed by atoms with E-state index in [-0.39, 0.29) is 5.78 Å². The molecule has 27 heavy (non-hydrogen) atoms. The highest BCUT2D eigenvalue weighted by Crippen LogP contribution is 2.27. The molecule has 0 aliphatic carbocycles. The number of ether oxygens (including phenoxy) is 1. The van der Waals surface area contributed by atoms with Crippen molar-refractivity contribution in [3.8, 4) is 16.9 Å². The lowest BCUT2D eigenvalue weighted by Gasteiger charge is -2.24. The Morgan fingerprint density at radius 1 is 0.889 bits per heavy atom. The van der Waals surface area contributed by atoms with Gasteiger partial charge in [-0.15, -0.1) is 0 Å². The van der Waals surface area contributed by atoms with Crippen LogP contribution in [0.2, 0.25) is 0 Å². The Morgan fingerprint density at radius 2 is 1.48 bits per heavy atom. The van der Waals surface area contributed by atoms with Crippen molar-refractivity contribution in [3.63, 3.8) is 0 Å². The first-order chi connectivity index (χ1) is 13.1. The highest BCUT2D eigenvalue weighted by atomic mass is 16.5. The number of nitrogens with one attached hydrogen (secondary N) is 1. The quantitative estimate of drug-likeness (QED) is 0.652. The number of hydrogen-bond acceptors (Lipinski definition) is 4. The molecule has 4 heteroatoms. The molecule has 0 saturated heterocycles. The number of rotatable bonds is 7. The van der Waals surface area contributed by atoms with Gasteiger partial charge in [-0.2, -0.15) is 0 Å². The third kappa shape index (κ3) is 4.54. The van der Waals surface area contributed by atoms with Crippen LogP contribution < -0.4 is 10.1 Å². The van der Waals surface area contributed by atoms with Gasteiger partial charge in [0.2, 0.25) is 0 Å². The first-order valence-corrected chi connectivity index (χ1v) is 8.83. The Morgan fingerprint density at radius 3 is 2.04 bits per heavy atom. The molecule has 0 radical (unpaired) electrons. The van der Waals surface area contributed by atoms with Gasteiger partial charge in [-0.25, -0.2) is 0 Å². The highest BCUT2D eigenvalue weighted by molar-refractivity contribution is 5.82. The molecule has 0 aliphatic rings. The standard InChI is InChI=1S/C23H23NO3/c1-16(25)23(26)22(24-20-12-14-21(27-2)15-13-20)19-10-8-18(9-11-19)17-6-4-3-5-7-17/h3-15,22-24,26H,1-2H3/t22-,23-/m1/s1. The number of anilines is 1. The van der Waals surface area contributed by atoms with Crippen LogP contribution >= 0.6 is 0 Å². The van der Waals surface area contributed by atoms with E-state index in [9.17, 15) is 9.90 Å². The average molecular weight is 361 g/mol. The van der Waals surface area contributed by atoms with Crippen LogP contribution in [0.15, 0.2) is 78.9 Å². The molecule has 2 atom stereocenters. The van der Waals surface area contributed by atoms with Crippen LogP contribution in [0, 0.1) is 0 Å². The minimum atomic E-state index is -1.14. The molecule has 3 aromatic rings. The second kappa shape index (κ2) is 8.52. The number of carbonyl (C=O) groups excluding carboxylic acids is 1. The molecule has 0 fully saturated rings. The van der Waals surface area contributed by atoms with Gasteiger partial charge in [-0.05, 0) is 47.9 Å². The van der Waals surface area contributed by atoms with Crippen LogP contribution in [0.3, 0.4) is 0 Å². The van der Waals surface area contributed by atoms with Crippen LogP contribution in [-0.2, 0) is 4.79 Å². The molecule has 0 heterocycles. The summed E-state index contributed by atoms with van der Waals surface area (Å²) in [5, 5.41) is 13.7.